The minimum atomic E-state index is -3.72. The van der Waals surface area contributed by atoms with Gasteiger partial charge >= 0.3 is 0 Å². The first kappa shape index (κ1) is 28.0. The Labute approximate surface area is 245 Å². The highest BCUT2D eigenvalue weighted by molar-refractivity contribution is 7.93. The first-order valence-electron chi connectivity index (χ1n) is 14.3. The lowest BCUT2D eigenvalue weighted by molar-refractivity contribution is -0.126. The number of carbonyl (C=O) groups excluding carboxylic acids is 2. The number of halogens is 1. The van der Waals surface area contributed by atoms with Crippen molar-refractivity contribution in [1.82, 2.24) is 19.9 Å². The number of aromatic nitrogens is 3. The second-order valence-corrected chi connectivity index (χ2v) is 12.4. The molecule has 2 aliphatic rings. The van der Waals surface area contributed by atoms with Crippen LogP contribution < -0.4 is 14.4 Å². The largest absolute Gasteiger partial charge is 0.480 e. The molecule has 0 spiro atoms. The van der Waals surface area contributed by atoms with Gasteiger partial charge in [-0.05, 0) is 44.0 Å². The maximum absolute atomic E-state index is 16.4. The monoisotopic (exact) mass is 597 g/mol. The van der Waals surface area contributed by atoms with E-state index >= 15 is 4.39 Å². The number of benzene rings is 1. The molecule has 11 nitrogen and oxygen atoms in total. The Morgan fingerprint density at radius 3 is 2.52 bits per heavy atom. The Hall–Kier alpha value is -4.13. The number of ether oxygens (including phenoxy) is 1. The van der Waals surface area contributed by atoms with Crippen LogP contribution in [0.2, 0.25) is 0 Å². The summed E-state index contributed by atoms with van der Waals surface area (Å²) in [5.41, 5.74) is 0.808. The topological polar surface area (TPSA) is 135 Å². The van der Waals surface area contributed by atoms with Gasteiger partial charge in [0.25, 0.3) is 0 Å². The third-order valence-electron chi connectivity index (χ3n) is 7.62. The molecule has 0 radical (unpaired) electrons. The number of nitrogens with zero attached hydrogens (tertiary/aromatic N) is 5. The minimum absolute atomic E-state index is 0.0674. The predicted octanol–water partition coefficient (Wildman–Crippen LogP) is 3.71. The fourth-order valence-electron chi connectivity index (χ4n) is 5.39. The van der Waals surface area contributed by atoms with E-state index in [0.29, 0.717) is 44.6 Å². The van der Waals surface area contributed by atoms with E-state index in [-0.39, 0.29) is 51.8 Å². The van der Waals surface area contributed by atoms with Crippen LogP contribution in [0.4, 0.5) is 15.9 Å². The number of piperazine rings is 1. The zero-order valence-corrected chi connectivity index (χ0v) is 24.3. The number of sulfonamides is 1. The van der Waals surface area contributed by atoms with Crippen LogP contribution in [-0.2, 0) is 19.6 Å². The van der Waals surface area contributed by atoms with Crippen molar-refractivity contribution in [1.29, 1.82) is 0 Å². The summed E-state index contributed by atoms with van der Waals surface area (Å²) in [4.78, 5) is 39.6. The van der Waals surface area contributed by atoms with E-state index in [1.165, 1.54) is 44.5 Å². The van der Waals surface area contributed by atoms with Crippen LogP contribution in [0, 0.1) is 5.82 Å². The van der Waals surface area contributed by atoms with Gasteiger partial charge < -0.3 is 14.5 Å². The summed E-state index contributed by atoms with van der Waals surface area (Å²) < 4.78 is 58.7. The van der Waals surface area contributed by atoms with E-state index in [0.717, 1.165) is 19.3 Å². The van der Waals surface area contributed by atoms with E-state index in [9.17, 15) is 18.0 Å². The van der Waals surface area contributed by atoms with E-state index < -0.39 is 21.1 Å². The number of fused-ring (bicyclic) bond motifs is 1. The Morgan fingerprint density at radius 2 is 1.83 bits per heavy atom. The number of nitrogens with one attached hydrogen (secondary N) is 1. The van der Waals surface area contributed by atoms with E-state index in [1.807, 2.05) is 0 Å². The molecule has 222 valence electrons. The number of pyridine rings is 1. The van der Waals surface area contributed by atoms with Gasteiger partial charge in [-0.2, -0.15) is 0 Å². The molecule has 1 N–H and O–H groups in total. The summed E-state index contributed by atoms with van der Waals surface area (Å²) in [5.74, 6) is -0.880. The van der Waals surface area contributed by atoms with Gasteiger partial charge in [-0.25, -0.2) is 27.8 Å². The molecule has 1 aliphatic carbocycles. The first-order valence-corrected chi connectivity index (χ1v) is 15.4. The fourth-order valence-corrected chi connectivity index (χ4v) is 6.96. The molecular weight excluding hydrogens is 563 g/mol. The normalized spacial score (nSPS) is 17.0. The van der Waals surface area contributed by atoms with Crippen molar-refractivity contribution < 1.29 is 28.5 Å². The number of carbonyl (C=O) groups is 2. The van der Waals surface area contributed by atoms with Crippen LogP contribution in [0.25, 0.3) is 22.0 Å². The molecule has 42 heavy (non-hydrogen) atoms. The van der Waals surface area contributed by atoms with Crippen LogP contribution in [0.3, 0.4) is 0 Å². The zero-order chi connectivity index (χ0) is 30.7. The summed E-state index contributed by atoms with van der Waals surface area (Å²) >= 11 is 0. The van der Waals surface area contributed by atoms with Crippen LogP contribution in [0.1, 0.15) is 40.4 Å². The number of hydrogen-bond donors (Lipinski definition) is 1. The lowest BCUT2D eigenvalue weighted by Gasteiger charge is -2.35. The number of rotatable bonds is 8. The van der Waals surface area contributed by atoms with Gasteiger partial charge in [-0.15, -0.1) is 0 Å². The van der Waals surface area contributed by atoms with Crippen LogP contribution >= 0.6 is 0 Å². The van der Waals surface area contributed by atoms with E-state index in [1.54, 1.807) is 15.9 Å². The van der Waals surface area contributed by atoms with E-state index in [2.05, 4.69) is 19.7 Å². The third-order valence-corrected chi connectivity index (χ3v) is 9.47. The highest BCUT2D eigenvalue weighted by Crippen LogP contribution is 2.36. The molecule has 0 bridgehead atoms. The second kappa shape index (κ2) is 12.4. The molecule has 2 fully saturated rings. The molecule has 0 unspecified atom stereocenters. The lowest BCUT2D eigenvalue weighted by atomic mass is 10.0. The summed E-state index contributed by atoms with van der Waals surface area (Å²) in [7, 11) is -2.34. The molecule has 2 aromatic heterocycles. The average molecular weight is 598 g/mol. The average Bonchev–Trinajstić information content (AvgIpc) is 3.00. The lowest BCUT2D eigenvalue weighted by Crippen LogP contribution is -2.48. The van der Waals surface area contributed by atoms with Gasteiger partial charge in [-0.1, -0.05) is 19.3 Å². The van der Waals surface area contributed by atoms with Crippen molar-refractivity contribution in [3.63, 3.8) is 0 Å². The van der Waals surface area contributed by atoms with Crippen molar-refractivity contribution in [2.24, 2.45) is 0 Å². The molecule has 3 aromatic rings. The number of allylic oxidation sites excluding steroid dienone is 1. The first-order chi connectivity index (χ1) is 20.6. The summed E-state index contributed by atoms with van der Waals surface area (Å²) in [6.07, 6.45) is 7.42. The summed E-state index contributed by atoms with van der Waals surface area (Å²) in [6, 6.07) is 4.59. The molecule has 0 atom stereocenters. The minimum Gasteiger partial charge on any atom is -0.480 e. The number of methoxy groups -OCH3 is 1. The Morgan fingerprint density at radius 1 is 1.10 bits per heavy atom. The fraction of sp³-hybridized carbons (Fsp3) is 0.414. The molecule has 13 heteroatoms. The van der Waals surface area contributed by atoms with Gasteiger partial charge in [0.2, 0.25) is 21.8 Å². The second-order valence-electron chi connectivity index (χ2n) is 10.4. The zero-order valence-electron chi connectivity index (χ0n) is 24.5. The Kier molecular flexibility index (Phi) is 8.27. The molecule has 1 aliphatic heterocycles. The van der Waals surface area contributed by atoms with Crippen molar-refractivity contribution >= 4 is 44.1 Å². The van der Waals surface area contributed by atoms with Crippen molar-refractivity contribution in [3.05, 3.63) is 48.7 Å². The standard InChI is InChI=1S/C29H33FN6O5S/c1-19(37)8-11-25(38)35-12-14-36(15-13-35)28-26-23(32-18-33-28)10-9-22(27(26)30)20-16-24(29(41-2)31-17-20)34-42(39,40)21-6-4-3-5-7-21/h8-11,16-18,21,34H,3-7,12-15H2,1-2H3/b11-8+/i18D. The van der Waals surface area contributed by atoms with E-state index in [4.69, 9.17) is 6.11 Å². The molecular formula is C29H33FN6O5S. The number of anilines is 2. The number of amides is 1. The molecule has 1 aromatic carbocycles. The predicted molar refractivity (Wildman–Crippen MR) is 157 cm³/mol. The Bertz CT molecular complexity index is 1690. The van der Waals surface area contributed by atoms with Gasteiger partial charge in [0.05, 0.1) is 23.3 Å². The van der Waals surface area contributed by atoms with Crippen LogP contribution in [0.15, 0.2) is 42.9 Å². The summed E-state index contributed by atoms with van der Waals surface area (Å²) in [6.45, 7) is 2.64. The van der Waals surface area contributed by atoms with Crippen molar-refractivity contribution in [3.8, 4) is 17.0 Å². The van der Waals surface area contributed by atoms with Crippen LogP contribution in [-0.4, -0.2) is 78.5 Å². The van der Waals surface area contributed by atoms with Gasteiger partial charge in [0.15, 0.2) is 5.78 Å². The SMILES string of the molecule is [2H]c1nc(N2CCN(C(=O)/C=C/C(C)=O)CC2)c2c(F)c(-c3cnc(OC)c(NS(=O)(=O)C4CCCCC4)c3)ccc2n1. The summed E-state index contributed by atoms with van der Waals surface area (Å²) in [5, 5.41) is -0.420. The highest BCUT2D eigenvalue weighted by Gasteiger charge is 2.29. The van der Waals surface area contributed by atoms with Crippen molar-refractivity contribution in [2.75, 3.05) is 42.9 Å². The maximum atomic E-state index is 16.4. The quantitative estimate of drug-likeness (QED) is 0.386. The molecule has 5 rings (SSSR count). The Balaban J connectivity index is 1.47. The van der Waals surface area contributed by atoms with Gasteiger partial charge in [-0.3, -0.25) is 14.3 Å². The third kappa shape index (κ3) is 6.20. The molecule has 1 saturated heterocycles. The van der Waals surface area contributed by atoms with Crippen LogP contribution in [0.5, 0.6) is 5.88 Å². The molecule has 1 saturated carbocycles. The van der Waals surface area contributed by atoms with Gasteiger partial charge in [0, 0.05) is 49.6 Å². The highest BCUT2D eigenvalue weighted by atomic mass is 32.2. The van der Waals surface area contributed by atoms with Gasteiger partial charge in [0.1, 0.15) is 25.0 Å². The van der Waals surface area contributed by atoms with Crippen molar-refractivity contribution in [2.45, 2.75) is 44.3 Å². The number of hydrogen-bond acceptors (Lipinski definition) is 9. The maximum Gasteiger partial charge on any atom is 0.246 e. The molecule has 1 amide bonds. The molecule has 3 heterocycles. The smallest absolute Gasteiger partial charge is 0.246 e. The number of ketones is 1.